The number of rotatable bonds is 7. The fourth-order valence-corrected chi connectivity index (χ4v) is 2.83. The van der Waals surface area contributed by atoms with Crippen molar-refractivity contribution in [2.75, 3.05) is 6.61 Å². The molecule has 26 heavy (non-hydrogen) atoms. The van der Waals surface area contributed by atoms with Gasteiger partial charge in [-0.25, -0.2) is 9.48 Å². The van der Waals surface area contributed by atoms with Crippen LogP contribution in [0.3, 0.4) is 0 Å². The van der Waals surface area contributed by atoms with Crippen LogP contribution >= 0.6 is 0 Å². The van der Waals surface area contributed by atoms with E-state index < -0.39 is 5.97 Å². The molecular formula is C20H21N3O3. The van der Waals surface area contributed by atoms with E-state index in [1.165, 1.54) is 0 Å². The van der Waals surface area contributed by atoms with Crippen LogP contribution in [0, 0.1) is 0 Å². The molecule has 0 saturated carbocycles. The molecule has 6 heteroatoms. The van der Waals surface area contributed by atoms with Gasteiger partial charge in [-0.1, -0.05) is 42.5 Å². The van der Waals surface area contributed by atoms with Crippen molar-refractivity contribution < 1.29 is 14.6 Å². The molecule has 0 amide bonds. The van der Waals surface area contributed by atoms with Gasteiger partial charge in [0.2, 0.25) is 0 Å². The van der Waals surface area contributed by atoms with Crippen LogP contribution < -0.4 is 4.74 Å². The third-order valence-electron chi connectivity index (χ3n) is 4.09. The number of hydrogen-bond donors (Lipinski definition) is 1. The smallest absolute Gasteiger partial charge is 0.336 e. The van der Waals surface area contributed by atoms with E-state index in [0.717, 1.165) is 23.5 Å². The fraction of sp³-hybridized carbons (Fsp3) is 0.250. The lowest BCUT2D eigenvalue weighted by molar-refractivity contribution is 0.0697. The Morgan fingerprint density at radius 3 is 2.50 bits per heavy atom. The van der Waals surface area contributed by atoms with Gasteiger partial charge in [0, 0.05) is 13.0 Å². The topological polar surface area (TPSA) is 77.2 Å². The molecule has 0 aliphatic heterocycles. The highest BCUT2D eigenvalue weighted by molar-refractivity contribution is 5.95. The largest absolute Gasteiger partial charge is 0.478 e. The Bertz CT molecular complexity index is 901. The van der Waals surface area contributed by atoms with Crippen LogP contribution in [0.5, 0.6) is 6.01 Å². The minimum absolute atomic E-state index is 0.298. The van der Waals surface area contributed by atoms with Crippen molar-refractivity contribution in [2.24, 2.45) is 0 Å². The third kappa shape index (κ3) is 3.74. The number of hydrogen-bond acceptors (Lipinski definition) is 4. The zero-order valence-electron chi connectivity index (χ0n) is 14.8. The van der Waals surface area contributed by atoms with E-state index in [1.807, 2.05) is 54.9 Å². The van der Waals surface area contributed by atoms with Crippen LogP contribution in [0.25, 0.3) is 11.1 Å². The van der Waals surface area contributed by atoms with E-state index in [4.69, 9.17) is 4.74 Å². The van der Waals surface area contributed by atoms with Crippen molar-refractivity contribution in [3.8, 4) is 17.1 Å². The minimum Gasteiger partial charge on any atom is -0.478 e. The zero-order valence-corrected chi connectivity index (χ0v) is 14.8. The average Bonchev–Trinajstić information content (AvgIpc) is 3.04. The summed E-state index contributed by atoms with van der Waals surface area (Å²) in [6, 6.07) is 15.3. The third-order valence-corrected chi connectivity index (χ3v) is 4.09. The standard InChI is InChI=1S/C20H21N3O3/c1-3-23-18(21-20(22-23)26-4-2)13-14-9-11-15(12-10-14)16-7-5-6-8-17(16)19(24)25/h5-12H,3-4,13H2,1-2H3,(H,24,25). The summed E-state index contributed by atoms with van der Waals surface area (Å²) >= 11 is 0. The second-order valence-corrected chi connectivity index (χ2v) is 5.78. The predicted octanol–water partition coefficient (Wildman–Crippen LogP) is 3.65. The molecule has 0 bridgehead atoms. The van der Waals surface area contributed by atoms with Crippen molar-refractivity contribution in [3.63, 3.8) is 0 Å². The van der Waals surface area contributed by atoms with Gasteiger partial charge in [0.1, 0.15) is 5.82 Å². The number of carboxylic acids is 1. The van der Waals surface area contributed by atoms with E-state index in [2.05, 4.69) is 10.1 Å². The van der Waals surface area contributed by atoms with Gasteiger partial charge in [-0.2, -0.15) is 4.98 Å². The SMILES string of the molecule is CCOc1nc(Cc2ccc(-c3ccccc3C(=O)O)cc2)n(CC)n1. The monoisotopic (exact) mass is 351 g/mol. The van der Waals surface area contributed by atoms with Crippen LogP contribution in [0.15, 0.2) is 48.5 Å². The van der Waals surface area contributed by atoms with Gasteiger partial charge in [0.25, 0.3) is 0 Å². The summed E-state index contributed by atoms with van der Waals surface area (Å²) in [5.41, 5.74) is 2.96. The van der Waals surface area contributed by atoms with E-state index in [9.17, 15) is 9.90 Å². The van der Waals surface area contributed by atoms with Gasteiger partial charge in [-0.3, -0.25) is 0 Å². The maximum absolute atomic E-state index is 11.4. The first-order valence-electron chi connectivity index (χ1n) is 8.60. The van der Waals surface area contributed by atoms with Gasteiger partial charge in [0.05, 0.1) is 12.2 Å². The number of aryl methyl sites for hydroxylation is 1. The summed E-state index contributed by atoms with van der Waals surface area (Å²) in [4.78, 5) is 15.8. The summed E-state index contributed by atoms with van der Waals surface area (Å²) in [6.45, 7) is 5.17. The molecule has 0 atom stereocenters. The molecule has 0 fully saturated rings. The quantitative estimate of drug-likeness (QED) is 0.703. The first-order chi connectivity index (χ1) is 12.6. The second-order valence-electron chi connectivity index (χ2n) is 5.78. The van der Waals surface area contributed by atoms with Crippen LogP contribution in [-0.2, 0) is 13.0 Å². The van der Waals surface area contributed by atoms with Gasteiger partial charge >= 0.3 is 12.0 Å². The van der Waals surface area contributed by atoms with Crippen molar-refractivity contribution in [3.05, 3.63) is 65.5 Å². The molecule has 6 nitrogen and oxygen atoms in total. The van der Waals surface area contributed by atoms with Crippen LogP contribution in [0.1, 0.15) is 35.6 Å². The summed E-state index contributed by atoms with van der Waals surface area (Å²) in [5, 5.41) is 13.7. The Morgan fingerprint density at radius 2 is 1.85 bits per heavy atom. The maximum atomic E-state index is 11.4. The molecular weight excluding hydrogens is 330 g/mol. The predicted molar refractivity (Wildman–Crippen MR) is 98.5 cm³/mol. The lowest BCUT2D eigenvalue weighted by Gasteiger charge is -2.08. The summed E-state index contributed by atoms with van der Waals surface area (Å²) in [6.07, 6.45) is 0.634. The van der Waals surface area contributed by atoms with Crippen molar-refractivity contribution in [1.82, 2.24) is 14.8 Å². The molecule has 0 aliphatic rings. The molecule has 1 heterocycles. The van der Waals surface area contributed by atoms with Crippen LogP contribution in [0.4, 0.5) is 0 Å². The molecule has 0 aliphatic carbocycles. The maximum Gasteiger partial charge on any atom is 0.336 e. The van der Waals surface area contributed by atoms with E-state index in [-0.39, 0.29) is 0 Å². The Labute approximate surface area is 152 Å². The molecule has 0 unspecified atom stereocenters. The number of aromatic carboxylic acids is 1. The Hall–Kier alpha value is -3.15. The first kappa shape index (κ1) is 17.7. The lowest BCUT2D eigenvalue weighted by atomic mass is 9.98. The first-order valence-corrected chi connectivity index (χ1v) is 8.60. The van der Waals surface area contributed by atoms with Gasteiger partial charge < -0.3 is 9.84 Å². The number of aromatic nitrogens is 3. The molecule has 0 radical (unpaired) electrons. The van der Waals surface area contributed by atoms with Crippen molar-refractivity contribution in [1.29, 1.82) is 0 Å². The number of carboxylic acid groups (broad SMARTS) is 1. The highest BCUT2D eigenvalue weighted by Gasteiger charge is 2.12. The van der Waals surface area contributed by atoms with Crippen molar-refractivity contribution in [2.45, 2.75) is 26.8 Å². The molecule has 0 spiro atoms. The van der Waals surface area contributed by atoms with E-state index in [0.29, 0.717) is 30.2 Å². The lowest BCUT2D eigenvalue weighted by Crippen LogP contribution is -2.04. The minimum atomic E-state index is -0.927. The van der Waals surface area contributed by atoms with Crippen molar-refractivity contribution >= 4 is 5.97 Å². The van der Waals surface area contributed by atoms with Gasteiger partial charge in [0.15, 0.2) is 0 Å². The molecule has 134 valence electrons. The summed E-state index contributed by atoms with van der Waals surface area (Å²) in [5.74, 6) is -0.0844. The number of ether oxygens (including phenoxy) is 1. The normalized spacial score (nSPS) is 10.7. The highest BCUT2D eigenvalue weighted by atomic mass is 16.5. The fourth-order valence-electron chi connectivity index (χ4n) is 2.83. The molecule has 3 aromatic rings. The molecule has 2 aromatic carbocycles. The second kappa shape index (κ2) is 7.82. The van der Waals surface area contributed by atoms with Gasteiger partial charge in [-0.05, 0) is 36.6 Å². The molecule has 1 N–H and O–H groups in total. The van der Waals surface area contributed by atoms with Gasteiger partial charge in [-0.15, -0.1) is 5.10 Å². The number of carbonyl (C=O) groups is 1. The van der Waals surface area contributed by atoms with E-state index >= 15 is 0 Å². The van der Waals surface area contributed by atoms with Crippen LogP contribution in [0.2, 0.25) is 0 Å². The molecule has 0 saturated heterocycles. The number of benzene rings is 2. The molecule has 1 aromatic heterocycles. The summed E-state index contributed by atoms with van der Waals surface area (Å²) < 4.78 is 7.21. The Morgan fingerprint density at radius 1 is 1.12 bits per heavy atom. The summed E-state index contributed by atoms with van der Waals surface area (Å²) in [7, 11) is 0. The zero-order chi connectivity index (χ0) is 18.5. The van der Waals surface area contributed by atoms with E-state index in [1.54, 1.807) is 12.1 Å². The highest BCUT2D eigenvalue weighted by Crippen LogP contribution is 2.24. The Balaban J connectivity index is 1.84. The Kier molecular flexibility index (Phi) is 5.31. The van der Waals surface area contributed by atoms with Crippen LogP contribution in [-0.4, -0.2) is 32.4 Å². The number of nitrogens with zero attached hydrogens (tertiary/aromatic N) is 3. The average molecular weight is 351 g/mol. The molecule has 3 rings (SSSR count).